The van der Waals surface area contributed by atoms with Gasteiger partial charge in [-0.15, -0.1) is 0 Å². The Morgan fingerprint density at radius 1 is 1.32 bits per heavy atom. The summed E-state index contributed by atoms with van der Waals surface area (Å²) in [6, 6.07) is 4.66. The SMILES string of the molecule is CC(C)c1cn(C)c(S(=O)(=O)c2ccccn2)c1O. The van der Waals surface area contributed by atoms with Crippen molar-refractivity contribution in [3.63, 3.8) is 0 Å². The van der Waals surface area contributed by atoms with E-state index in [1.54, 1.807) is 25.4 Å². The maximum absolute atomic E-state index is 12.5. The fourth-order valence-corrected chi connectivity index (χ4v) is 3.42. The van der Waals surface area contributed by atoms with Crippen LogP contribution in [0, 0.1) is 0 Å². The highest BCUT2D eigenvalue weighted by Crippen LogP contribution is 2.35. The van der Waals surface area contributed by atoms with Gasteiger partial charge in [-0.3, -0.25) is 0 Å². The first-order chi connectivity index (χ1) is 8.85. The molecule has 0 amide bonds. The molecule has 2 heterocycles. The molecule has 102 valence electrons. The number of aryl methyl sites for hydroxylation is 1. The lowest BCUT2D eigenvalue weighted by molar-refractivity contribution is 0.444. The predicted octanol–water partition coefficient (Wildman–Crippen LogP) is 2.08. The molecule has 19 heavy (non-hydrogen) atoms. The summed E-state index contributed by atoms with van der Waals surface area (Å²) in [7, 11) is -2.21. The lowest BCUT2D eigenvalue weighted by Crippen LogP contribution is -2.08. The summed E-state index contributed by atoms with van der Waals surface area (Å²) >= 11 is 0. The minimum Gasteiger partial charge on any atom is -0.505 e. The topological polar surface area (TPSA) is 72.2 Å². The van der Waals surface area contributed by atoms with Crippen LogP contribution in [0.2, 0.25) is 0 Å². The number of nitrogens with zero attached hydrogens (tertiary/aromatic N) is 2. The van der Waals surface area contributed by atoms with Crippen molar-refractivity contribution in [3.05, 3.63) is 36.2 Å². The zero-order valence-corrected chi connectivity index (χ0v) is 11.8. The van der Waals surface area contributed by atoms with Gasteiger partial charge >= 0.3 is 0 Å². The van der Waals surface area contributed by atoms with Crippen LogP contribution in [-0.4, -0.2) is 23.1 Å². The molecule has 0 aliphatic rings. The van der Waals surface area contributed by atoms with Crippen LogP contribution < -0.4 is 0 Å². The number of hydrogen-bond donors (Lipinski definition) is 1. The second-order valence-corrected chi connectivity index (χ2v) is 6.49. The fourth-order valence-electron chi connectivity index (χ4n) is 1.96. The first kappa shape index (κ1) is 13.6. The number of pyridine rings is 1. The van der Waals surface area contributed by atoms with Crippen molar-refractivity contribution in [2.24, 2.45) is 7.05 Å². The highest BCUT2D eigenvalue weighted by atomic mass is 32.2. The van der Waals surface area contributed by atoms with E-state index in [9.17, 15) is 13.5 Å². The van der Waals surface area contributed by atoms with Crippen LogP contribution in [0.1, 0.15) is 25.3 Å². The maximum Gasteiger partial charge on any atom is 0.242 e. The highest BCUT2D eigenvalue weighted by Gasteiger charge is 2.29. The minimum atomic E-state index is -3.81. The molecule has 1 N–H and O–H groups in total. The fraction of sp³-hybridized carbons (Fsp3) is 0.308. The molecule has 2 aromatic heterocycles. The van der Waals surface area contributed by atoms with Gasteiger partial charge in [0.1, 0.15) is 0 Å². The molecule has 0 aliphatic carbocycles. The summed E-state index contributed by atoms with van der Waals surface area (Å²) in [5.41, 5.74) is 0.608. The number of aromatic nitrogens is 2. The van der Waals surface area contributed by atoms with Gasteiger partial charge in [0.05, 0.1) is 0 Å². The van der Waals surface area contributed by atoms with Crippen molar-refractivity contribution in [2.75, 3.05) is 0 Å². The average Bonchev–Trinajstić information content (AvgIpc) is 2.66. The van der Waals surface area contributed by atoms with Crippen LogP contribution in [0.5, 0.6) is 5.75 Å². The van der Waals surface area contributed by atoms with Gasteiger partial charge in [-0.05, 0) is 18.1 Å². The van der Waals surface area contributed by atoms with Crippen molar-refractivity contribution in [2.45, 2.75) is 29.8 Å². The van der Waals surface area contributed by atoms with Crippen molar-refractivity contribution in [3.8, 4) is 5.75 Å². The van der Waals surface area contributed by atoms with Gasteiger partial charge in [0.25, 0.3) is 0 Å². The van der Waals surface area contributed by atoms with Crippen LogP contribution in [0.15, 0.2) is 40.6 Å². The van der Waals surface area contributed by atoms with Crippen LogP contribution in [-0.2, 0) is 16.9 Å². The summed E-state index contributed by atoms with van der Waals surface area (Å²) in [6.45, 7) is 3.79. The first-order valence-electron chi connectivity index (χ1n) is 5.90. The number of rotatable bonds is 3. The predicted molar refractivity (Wildman–Crippen MR) is 70.9 cm³/mol. The largest absolute Gasteiger partial charge is 0.505 e. The number of aromatic hydroxyl groups is 1. The third-order valence-corrected chi connectivity index (χ3v) is 4.70. The van der Waals surface area contributed by atoms with Gasteiger partial charge in [-0.1, -0.05) is 19.9 Å². The molecule has 0 saturated carbocycles. The highest BCUT2D eigenvalue weighted by molar-refractivity contribution is 7.91. The lowest BCUT2D eigenvalue weighted by atomic mass is 10.1. The Labute approximate surface area is 112 Å². The monoisotopic (exact) mass is 280 g/mol. The summed E-state index contributed by atoms with van der Waals surface area (Å²) < 4.78 is 26.4. The smallest absolute Gasteiger partial charge is 0.242 e. The molecule has 0 aliphatic heterocycles. The molecular formula is C13H16N2O3S. The molecule has 0 atom stereocenters. The van der Waals surface area contributed by atoms with Crippen molar-refractivity contribution in [1.82, 2.24) is 9.55 Å². The van der Waals surface area contributed by atoms with Crippen LogP contribution in [0.3, 0.4) is 0 Å². The van der Waals surface area contributed by atoms with E-state index in [-0.39, 0.29) is 21.7 Å². The Balaban J connectivity index is 2.66. The molecule has 5 nitrogen and oxygen atoms in total. The Morgan fingerprint density at radius 2 is 2.00 bits per heavy atom. The summed E-state index contributed by atoms with van der Waals surface area (Å²) in [5.74, 6) is -0.151. The molecule has 0 unspecified atom stereocenters. The van der Waals surface area contributed by atoms with Crippen LogP contribution in [0.4, 0.5) is 0 Å². The van der Waals surface area contributed by atoms with Crippen molar-refractivity contribution in [1.29, 1.82) is 0 Å². The molecule has 0 spiro atoms. The molecule has 0 aromatic carbocycles. The summed E-state index contributed by atoms with van der Waals surface area (Å²) in [5, 5.41) is 9.97. The van der Waals surface area contributed by atoms with Crippen molar-refractivity contribution >= 4 is 9.84 Å². The Kier molecular flexibility index (Phi) is 3.36. The molecular weight excluding hydrogens is 264 g/mol. The Morgan fingerprint density at radius 3 is 2.47 bits per heavy atom. The van der Waals surface area contributed by atoms with Gasteiger partial charge in [-0.25, -0.2) is 13.4 Å². The molecule has 0 bridgehead atoms. The molecule has 0 saturated heterocycles. The average molecular weight is 280 g/mol. The van der Waals surface area contributed by atoms with E-state index in [0.717, 1.165) is 0 Å². The molecule has 2 rings (SSSR count). The van der Waals surface area contributed by atoms with E-state index < -0.39 is 9.84 Å². The second kappa shape index (κ2) is 4.70. The quantitative estimate of drug-likeness (QED) is 0.934. The molecule has 0 radical (unpaired) electrons. The van der Waals surface area contributed by atoms with E-state index in [4.69, 9.17) is 0 Å². The van der Waals surface area contributed by atoms with Gasteiger partial charge in [-0.2, -0.15) is 0 Å². The number of sulfone groups is 1. The molecule has 2 aromatic rings. The van der Waals surface area contributed by atoms with E-state index in [2.05, 4.69) is 4.98 Å². The van der Waals surface area contributed by atoms with Crippen LogP contribution in [0.25, 0.3) is 0 Å². The standard InChI is InChI=1S/C13H16N2O3S/c1-9(2)10-8-15(3)13(12(10)16)19(17,18)11-6-4-5-7-14-11/h4-9,16H,1-3H3. The second-order valence-electron chi connectivity index (χ2n) is 4.68. The van der Waals surface area contributed by atoms with Gasteiger partial charge in [0.2, 0.25) is 9.84 Å². The van der Waals surface area contributed by atoms with Gasteiger partial charge < -0.3 is 9.67 Å². The Bertz CT molecular complexity index is 688. The minimum absolute atomic E-state index is 0.0406. The summed E-state index contributed by atoms with van der Waals surface area (Å²) in [6.07, 6.45) is 3.05. The third-order valence-electron chi connectivity index (χ3n) is 2.92. The zero-order chi connectivity index (χ0) is 14.2. The van der Waals surface area contributed by atoms with Crippen molar-refractivity contribution < 1.29 is 13.5 Å². The van der Waals surface area contributed by atoms with Gasteiger partial charge in [0.15, 0.2) is 15.8 Å². The Hall–Kier alpha value is -1.82. The van der Waals surface area contributed by atoms with E-state index >= 15 is 0 Å². The van der Waals surface area contributed by atoms with E-state index in [1.165, 1.54) is 16.8 Å². The number of hydrogen-bond acceptors (Lipinski definition) is 4. The van der Waals surface area contributed by atoms with Crippen LogP contribution >= 0.6 is 0 Å². The van der Waals surface area contributed by atoms with E-state index in [0.29, 0.717) is 5.56 Å². The lowest BCUT2D eigenvalue weighted by Gasteiger charge is -2.06. The normalized spacial score (nSPS) is 12.0. The van der Waals surface area contributed by atoms with Gasteiger partial charge in [0, 0.05) is 25.0 Å². The first-order valence-corrected chi connectivity index (χ1v) is 7.38. The third kappa shape index (κ3) is 2.23. The molecule has 6 heteroatoms. The van der Waals surface area contributed by atoms with E-state index in [1.807, 2.05) is 13.8 Å². The zero-order valence-electron chi connectivity index (χ0n) is 11.0. The maximum atomic E-state index is 12.5. The molecule has 0 fully saturated rings. The summed E-state index contributed by atoms with van der Waals surface area (Å²) in [4.78, 5) is 3.85.